The molecule has 3 heteroatoms. The van der Waals surface area contributed by atoms with Crippen molar-refractivity contribution in [3.05, 3.63) is 176 Å². The van der Waals surface area contributed by atoms with E-state index in [9.17, 15) is 0 Å². The van der Waals surface area contributed by atoms with Gasteiger partial charge in [0.2, 0.25) is 0 Å². The van der Waals surface area contributed by atoms with Gasteiger partial charge in [-0.25, -0.2) is 0 Å². The maximum absolute atomic E-state index is 2.53. The van der Waals surface area contributed by atoms with Crippen LogP contribution in [0.5, 0.6) is 0 Å². The summed E-state index contributed by atoms with van der Waals surface area (Å²) in [5.41, 5.74) is 8.47. The van der Waals surface area contributed by atoms with Gasteiger partial charge in [0, 0.05) is 42.0 Å². The lowest BCUT2D eigenvalue weighted by Gasteiger charge is -2.28. The molecule has 49 heavy (non-hydrogen) atoms. The first-order valence-corrected chi connectivity index (χ1v) is 18.2. The van der Waals surface area contributed by atoms with Gasteiger partial charge in [0.25, 0.3) is 0 Å². The average Bonchev–Trinajstić information content (AvgIpc) is 3.74. The number of thiophene rings is 2. The second-order valence-corrected chi connectivity index (χ2v) is 14.6. The zero-order valence-corrected chi connectivity index (χ0v) is 28.1. The number of hydrogen-bond donors (Lipinski definition) is 0. The lowest BCUT2D eigenvalue weighted by atomic mass is 9.94. The van der Waals surface area contributed by atoms with Crippen LogP contribution in [0.3, 0.4) is 0 Å². The first-order valence-electron chi connectivity index (χ1n) is 16.6. The summed E-state index contributed by atoms with van der Waals surface area (Å²) in [5, 5.41) is 7.71. The third kappa shape index (κ3) is 4.58. The average molecular weight is 660 g/mol. The van der Waals surface area contributed by atoms with Crippen LogP contribution in [-0.4, -0.2) is 0 Å². The molecule has 10 rings (SSSR count). The normalized spacial score (nSPS) is 11.7. The molecule has 8 aromatic carbocycles. The number of benzene rings is 8. The van der Waals surface area contributed by atoms with E-state index in [2.05, 4.69) is 181 Å². The van der Waals surface area contributed by atoms with E-state index in [1.54, 1.807) is 0 Å². The van der Waals surface area contributed by atoms with Crippen molar-refractivity contribution < 1.29 is 0 Å². The Morgan fingerprint density at radius 3 is 1.65 bits per heavy atom. The Labute approximate surface area is 292 Å². The standard InChI is InChI=1S/C46H29NS2/c1-2-13-30(14-3-1)34-16-6-7-17-35(34)31-25-27-33(28-26-31)47(41-22-12-21-39-37-19-8-10-23-42(37)48-45(39)41)44-36-18-5-4-15-32(36)29-40-38-20-9-11-24-43(38)49-46(40)44/h1-29H. The first-order chi connectivity index (χ1) is 24.3. The lowest BCUT2D eigenvalue weighted by Crippen LogP contribution is -2.11. The molecule has 0 aliphatic rings. The van der Waals surface area contributed by atoms with E-state index in [1.165, 1.54) is 84.7 Å². The molecule has 0 N–H and O–H groups in total. The SMILES string of the molecule is c1ccc(-c2ccccc2-c2ccc(N(c3cccc4c3sc3ccccc34)c3c4ccccc4cc4c3sc3ccccc34)cc2)cc1. The molecule has 0 amide bonds. The van der Waals surface area contributed by atoms with Crippen LogP contribution < -0.4 is 4.90 Å². The van der Waals surface area contributed by atoms with Crippen LogP contribution in [0, 0.1) is 0 Å². The highest BCUT2D eigenvalue weighted by atomic mass is 32.1. The first kappa shape index (κ1) is 28.3. The molecule has 0 saturated heterocycles. The Morgan fingerprint density at radius 1 is 0.367 bits per heavy atom. The maximum Gasteiger partial charge on any atom is 0.0719 e. The highest BCUT2D eigenvalue weighted by Crippen LogP contribution is 2.51. The van der Waals surface area contributed by atoms with Crippen LogP contribution in [0.1, 0.15) is 0 Å². The van der Waals surface area contributed by atoms with E-state index < -0.39 is 0 Å². The summed E-state index contributed by atoms with van der Waals surface area (Å²) in [6, 6.07) is 64.3. The second kappa shape index (κ2) is 11.5. The van der Waals surface area contributed by atoms with Gasteiger partial charge in [0.05, 0.1) is 20.8 Å². The van der Waals surface area contributed by atoms with E-state index in [1.807, 2.05) is 22.7 Å². The molecule has 0 atom stereocenters. The number of fused-ring (bicyclic) bond motifs is 7. The number of anilines is 3. The predicted molar refractivity (Wildman–Crippen MR) is 215 cm³/mol. The minimum Gasteiger partial charge on any atom is -0.307 e. The molecule has 230 valence electrons. The number of rotatable bonds is 5. The van der Waals surface area contributed by atoms with Crippen molar-refractivity contribution in [2.24, 2.45) is 0 Å². The van der Waals surface area contributed by atoms with Gasteiger partial charge in [-0.3, -0.25) is 0 Å². The van der Waals surface area contributed by atoms with Crippen LogP contribution in [0.25, 0.3) is 73.4 Å². The van der Waals surface area contributed by atoms with E-state index >= 15 is 0 Å². The van der Waals surface area contributed by atoms with Gasteiger partial charge in [-0.1, -0.05) is 140 Å². The van der Waals surface area contributed by atoms with Crippen molar-refractivity contribution in [1.29, 1.82) is 0 Å². The minimum absolute atomic E-state index is 1.14. The molecule has 0 bridgehead atoms. The smallest absolute Gasteiger partial charge is 0.0719 e. The molecule has 0 unspecified atom stereocenters. The molecular weight excluding hydrogens is 631 g/mol. The van der Waals surface area contributed by atoms with Crippen molar-refractivity contribution in [2.75, 3.05) is 4.90 Å². The van der Waals surface area contributed by atoms with Gasteiger partial charge in [-0.15, -0.1) is 22.7 Å². The summed E-state index contributed by atoms with van der Waals surface area (Å²) < 4.78 is 5.21. The van der Waals surface area contributed by atoms with Crippen LogP contribution in [0.2, 0.25) is 0 Å². The molecule has 0 fully saturated rings. The molecule has 0 aliphatic heterocycles. The Balaban J connectivity index is 1.26. The maximum atomic E-state index is 2.53. The lowest BCUT2D eigenvalue weighted by molar-refractivity contribution is 1.33. The highest BCUT2D eigenvalue weighted by Gasteiger charge is 2.24. The summed E-state index contributed by atoms with van der Waals surface area (Å²) in [6.45, 7) is 0. The fraction of sp³-hybridized carbons (Fsp3) is 0. The Hall–Kier alpha value is -5.74. The van der Waals surface area contributed by atoms with Crippen molar-refractivity contribution in [1.82, 2.24) is 0 Å². The third-order valence-electron chi connectivity index (χ3n) is 9.66. The summed E-state index contributed by atoms with van der Waals surface area (Å²) in [4.78, 5) is 2.53. The van der Waals surface area contributed by atoms with Gasteiger partial charge in [-0.05, 0) is 64.0 Å². The molecule has 0 spiro atoms. The Bertz CT molecular complexity index is 2830. The topological polar surface area (TPSA) is 3.24 Å². The zero-order chi connectivity index (χ0) is 32.3. The zero-order valence-electron chi connectivity index (χ0n) is 26.5. The third-order valence-corrected chi connectivity index (χ3v) is 12.1. The number of hydrogen-bond acceptors (Lipinski definition) is 3. The second-order valence-electron chi connectivity index (χ2n) is 12.5. The molecular formula is C46H29NS2. The van der Waals surface area contributed by atoms with Crippen LogP contribution in [0.15, 0.2) is 176 Å². The van der Waals surface area contributed by atoms with Crippen molar-refractivity contribution >= 4 is 90.9 Å². The Kier molecular flexibility index (Phi) is 6.61. The predicted octanol–water partition coefficient (Wildman–Crippen LogP) is 14.4. The molecule has 1 nitrogen and oxygen atoms in total. The minimum atomic E-state index is 1.14. The van der Waals surface area contributed by atoms with E-state index in [0.717, 1.165) is 5.69 Å². The highest BCUT2D eigenvalue weighted by molar-refractivity contribution is 7.27. The summed E-state index contributed by atoms with van der Waals surface area (Å²) >= 11 is 3.78. The summed E-state index contributed by atoms with van der Waals surface area (Å²) in [5.74, 6) is 0. The Morgan fingerprint density at radius 2 is 0.918 bits per heavy atom. The van der Waals surface area contributed by atoms with Crippen LogP contribution in [0.4, 0.5) is 17.1 Å². The molecule has 0 saturated carbocycles. The van der Waals surface area contributed by atoms with Gasteiger partial charge in [0.15, 0.2) is 0 Å². The molecule has 2 heterocycles. The fourth-order valence-electron chi connectivity index (χ4n) is 7.41. The van der Waals surface area contributed by atoms with E-state index in [-0.39, 0.29) is 0 Å². The number of nitrogens with zero attached hydrogens (tertiary/aromatic N) is 1. The van der Waals surface area contributed by atoms with Crippen molar-refractivity contribution in [3.8, 4) is 22.3 Å². The van der Waals surface area contributed by atoms with Gasteiger partial charge in [0.1, 0.15) is 0 Å². The quantitative estimate of drug-likeness (QED) is 0.178. The fourth-order valence-corrected chi connectivity index (χ4v) is 9.85. The van der Waals surface area contributed by atoms with Gasteiger partial charge in [-0.2, -0.15) is 0 Å². The van der Waals surface area contributed by atoms with Crippen LogP contribution >= 0.6 is 22.7 Å². The molecule has 0 radical (unpaired) electrons. The van der Waals surface area contributed by atoms with Gasteiger partial charge >= 0.3 is 0 Å². The molecule has 0 aliphatic carbocycles. The monoisotopic (exact) mass is 659 g/mol. The van der Waals surface area contributed by atoms with Crippen LogP contribution in [-0.2, 0) is 0 Å². The molecule has 10 aromatic rings. The van der Waals surface area contributed by atoms with Crippen molar-refractivity contribution in [3.63, 3.8) is 0 Å². The summed E-state index contributed by atoms with van der Waals surface area (Å²) in [6.07, 6.45) is 0. The van der Waals surface area contributed by atoms with E-state index in [0.29, 0.717) is 0 Å². The van der Waals surface area contributed by atoms with Gasteiger partial charge < -0.3 is 4.90 Å². The molecule has 2 aromatic heterocycles. The van der Waals surface area contributed by atoms with E-state index in [4.69, 9.17) is 0 Å². The summed E-state index contributed by atoms with van der Waals surface area (Å²) in [7, 11) is 0. The van der Waals surface area contributed by atoms with Crippen molar-refractivity contribution in [2.45, 2.75) is 0 Å². The largest absolute Gasteiger partial charge is 0.307 e.